The molecule has 2 aromatic carbocycles. The molecule has 0 N–H and O–H groups in total. The van der Waals surface area contributed by atoms with E-state index in [4.69, 9.17) is 16.3 Å². The largest absolute Gasteiger partial charge is 0.497 e. The number of nitrogens with zero attached hydrogens (tertiary/aromatic N) is 1. The summed E-state index contributed by atoms with van der Waals surface area (Å²) in [7, 11) is 1.63. The van der Waals surface area contributed by atoms with Gasteiger partial charge in [-0.25, -0.2) is 0 Å². The zero-order chi connectivity index (χ0) is 19.1. The minimum Gasteiger partial charge on any atom is -0.497 e. The standard InChI is InChI=1S/C22H20ClNO3/c1-13(25)15-5-9-20-18(11-15)19-12-17(27-2)8-10-21(19)24(20)22(26)14-3-6-16(23)7-4-14/h3-4,6-8,10,12,15H,5,9,11H2,1-2H3. The van der Waals surface area contributed by atoms with Crippen LogP contribution in [0.1, 0.15) is 35.0 Å². The van der Waals surface area contributed by atoms with Crippen LogP contribution in [0.15, 0.2) is 42.5 Å². The maximum atomic E-state index is 13.3. The molecule has 1 aromatic heterocycles. The van der Waals surface area contributed by atoms with Crippen LogP contribution in [0.2, 0.25) is 5.02 Å². The molecule has 138 valence electrons. The molecule has 1 unspecified atom stereocenters. The fraction of sp³-hybridized carbons (Fsp3) is 0.273. The Morgan fingerprint density at radius 1 is 1.15 bits per heavy atom. The number of carbonyl (C=O) groups excluding carboxylic acids is 2. The molecule has 0 spiro atoms. The first-order valence-corrected chi connectivity index (χ1v) is 9.38. The maximum absolute atomic E-state index is 13.3. The van der Waals surface area contributed by atoms with Crippen LogP contribution in [0.4, 0.5) is 0 Å². The van der Waals surface area contributed by atoms with Crippen molar-refractivity contribution in [3.8, 4) is 5.75 Å². The number of hydrogen-bond donors (Lipinski definition) is 0. The Bertz CT molecular complexity index is 1050. The van der Waals surface area contributed by atoms with Crippen LogP contribution in [0.5, 0.6) is 5.75 Å². The zero-order valence-electron chi connectivity index (χ0n) is 15.3. The number of Topliss-reactive ketones (excluding diaryl/α,β-unsaturated/α-hetero) is 1. The lowest BCUT2D eigenvalue weighted by Crippen LogP contribution is -2.23. The molecule has 0 aliphatic heterocycles. The zero-order valence-corrected chi connectivity index (χ0v) is 16.0. The number of carbonyl (C=O) groups is 2. The van der Waals surface area contributed by atoms with Crippen LogP contribution < -0.4 is 4.74 Å². The quantitative estimate of drug-likeness (QED) is 0.661. The molecule has 1 aliphatic rings. The predicted octanol–water partition coefficient (Wildman–Crippen LogP) is 4.69. The lowest BCUT2D eigenvalue weighted by molar-refractivity contribution is -0.121. The summed E-state index contributed by atoms with van der Waals surface area (Å²) in [5, 5.41) is 1.58. The molecule has 4 rings (SSSR count). The highest BCUT2D eigenvalue weighted by atomic mass is 35.5. The lowest BCUT2D eigenvalue weighted by Gasteiger charge is -2.21. The van der Waals surface area contributed by atoms with Crippen molar-refractivity contribution < 1.29 is 14.3 Å². The average Bonchev–Trinajstić information content (AvgIpc) is 3.00. The summed E-state index contributed by atoms with van der Waals surface area (Å²) < 4.78 is 7.17. The monoisotopic (exact) mass is 381 g/mol. The molecule has 27 heavy (non-hydrogen) atoms. The van der Waals surface area contributed by atoms with E-state index in [1.54, 1.807) is 42.9 Å². The number of fused-ring (bicyclic) bond motifs is 3. The van der Waals surface area contributed by atoms with Crippen molar-refractivity contribution in [3.05, 3.63) is 64.3 Å². The highest BCUT2D eigenvalue weighted by molar-refractivity contribution is 6.30. The van der Waals surface area contributed by atoms with E-state index < -0.39 is 0 Å². The Morgan fingerprint density at radius 2 is 1.89 bits per heavy atom. The van der Waals surface area contributed by atoms with Crippen LogP contribution in [-0.2, 0) is 17.6 Å². The molecular weight excluding hydrogens is 362 g/mol. The van der Waals surface area contributed by atoms with E-state index in [1.165, 1.54) is 0 Å². The predicted molar refractivity (Wildman–Crippen MR) is 106 cm³/mol. The lowest BCUT2D eigenvalue weighted by atomic mass is 9.84. The number of methoxy groups -OCH3 is 1. The first-order valence-electron chi connectivity index (χ1n) is 9.00. The number of rotatable bonds is 3. The summed E-state index contributed by atoms with van der Waals surface area (Å²) in [6, 6.07) is 12.7. The Morgan fingerprint density at radius 3 is 2.56 bits per heavy atom. The van der Waals surface area contributed by atoms with Gasteiger partial charge in [0, 0.05) is 27.6 Å². The van der Waals surface area contributed by atoms with Gasteiger partial charge in [0.1, 0.15) is 11.5 Å². The van der Waals surface area contributed by atoms with Crippen LogP contribution in [0, 0.1) is 5.92 Å². The summed E-state index contributed by atoms with van der Waals surface area (Å²) in [5.41, 5.74) is 3.52. The van der Waals surface area contributed by atoms with Gasteiger partial charge in [-0.15, -0.1) is 0 Å². The fourth-order valence-electron chi connectivity index (χ4n) is 3.97. The summed E-state index contributed by atoms with van der Waals surface area (Å²) in [4.78, 5) is 25.2. The van der Waals surface area contributed by atoms with Crippen LogP contribution in [-0.4, -0.2) is 23.4 Å². The van der Waals surface area contributed by atoms with Crippen LogP contribution in [0.3, 0.4) is 0 Å². The van der Waals surface area contributed by atoms with Gasteiger partial charge in [-0.1, -0.05) is 11.6 Å². The van der Waals surface area contributed by atoms with Gasteiger partial charge in [0.2, 0.25) is 0 Å². The Balaban J connectivity index is 1.91. The Kier molecular flexibility index (Phi) is 4.52. The van der Waals surface area contributed by atoms with Gasteiger partial charge in [-0.2, -0.15) is 0 Å². The van der Waals surface area contributed by atoms with Crippen molar-refractivity contribution in [2.24, 2.45) is 5.92 Å². The SMILES string of the molecule is COc1ccc2c(c1)c1c(n2C(=O)c2ccc(Cl)cc2)CCC(C(C)=O)C1. The maximum Gasteiger partial charge on any atom is 0.262 e. The Hall–Kier alpha value is -2.59. The molecule has 0 fully saturated rings. The van der Waals surface area contributed by atoms with E-state index >= 15 is 0 Å². The van der Waals surface area contributed by atoms with Crippen LogP contribution in [0.25, 0.3) is 10.9 Å². The molecule has 3 aromatic rings. The van der Waals surface area contributed by atoms with Crippen molar-refractivity contribution in [3.63, 3.8) is 0 Å². The van der Waals surface area contributed by atoms with Gasteiger partial charge in [-0.05, 0) is 74.2 Å². The van der Waals surface area contributed by atoms with Gasteiger partial charge in [0.05, 0.1) is 12.6 Å². The molecule has 1 atom stereocenters. The molecule has 1 aliphatic carbocycles. The van der Waals surface area contributed by atoms with E-state index in [1.807, 2.05) is 18.2 Å². The van der Waals surface area contributed by atoms with E-state index in [2.05, 4.69) is 0 Å². The summed E-state index contributed by atoms with van der Waals surface area (Å²) in [5.74, 6) is 0.873. The molecular formula is C22H20ClNO3. The first-order chi connectivity index (χ1) is 13.0. The summed E-state index contributed by atoms with van der Waals surface area (Å²) in [6.07, 6.45) is 2.13. The third kappa shape index (κ3) is 3.04. The van der Waals surface area contributed by atoms with Crippen molar-refractivity contribution >= 4 is 34.2 Å². The smallest absolute Gasteiger partial charge is 0.262 e. The molecule has 0 bridgehead atoms. The van der Waals surface area contributed by atoms with E-state index in [9.17, 15) is 9.59 Å². The third-order valence-corrected chi connectivity index (χ3v) is 5.69. The first kappa shape index (κ1) is 17.8. The second-order valence-corrected chi connectivity index (χ2v) is 7.44. The molecule has 0 radical (unpaired) electrons. The van der Waals surface area contributed by atoms with E-state index in [0.29, 0.717) is 23.4 Å². The number of benzene rings is 2. The van der Waals surface area contributed by atoms with Crippen LogP contribution >= 0.6 is 11.6 Å². The molecule has 1 heterocycles. The van der Waals surface area contributed by atoms with Crippen molar-refractivity contribution in [1.82, 2.24) is 4.57 Å². The van der Waals surface area contributed by atoms with Gasteiger partial charge < -0.3 is 4.74 Å². The second kappa shape index (κ2) is 6.86. The van der Waals surface area contributed by atoms with E-state index in [-0.39, 0.29) is 17.6 Å². The third-order valence-electron chi connectivity index (χ3n) is 5.44. The topological polar surface area (TPSA) is 48.3 Å². The minimum atomic E-state index is -0.0793. The fourth-order valence-corrected chi connectivity index (χ4v) is 4.09. The number of aromatic nitrogens is 1. The molecule has 5 heteroatoms. The number of hydrogen-bond acceptors (Lipinski definition) is 3. The molecule has 4 nitrogen and oxygen atoms in total. The van der Waals surface area contributed by atoms with Crippen molar-refractivity contribution in [1.29, 1.82) is 0 Å². The Labute approximate surface area is 162 Å². The normalized spacial score (nSPS) is 16.2. The summed E-state index contributed by atoms with van der Waals surface area (Å²) >= 11 is 5.97. The van der Waals surface area contributed by atoms with Gasteiger partial charge in [0.25, 0.3) is 5.91 Å². The van der Waals surface area contributed by atoms with Gasteiger partial charge in [-0.3, -0.25) is 14.2 Å². The number of ketones is 1. The van der Waals surface area contributed by atoms with Gasteiger partial charge in [0.15, 0.2) is 0 Å². The molecule has 0 saturated carbocycles. The molecule has 0 amide bonds. The molecule has 0 saturated heterocycles. The van der Waals surface area contributed by atoms with Gasteiger partial charge >= 0.3 is 0 Å². The number of halogens is 1. The minimum absolute atomic E-state index is 0.00776. The highest BCUT2D eigenvalue weighted by Gasteiger charge is 2.30. The number of ether oxygens (including phenoxy) is 1. The summed E-state index contributed by atoms with van der Waals surface area (Å²) in [6.45, 7) is 1.65. The highest BCUT2D eigenvalue weighted by Crippen LogP contribution is 2.37. The van der Waals surface area contributed by atoms with Crippen molar-refractivity contribution in [2.75, 3.05) is 7.11 Å². The van der Waals surface area contributed by atoms with Crippen molar-refractivity contribution in [2.45, 2.75) is 26.2 Å². The second-order valence-electron chi connectivity index (χ2n) is 7.01. The average molecular weight is 382 g/mol. The van der Waals surface area contributed by atoms with E-state index in [0.717, 1.165) is 34.3 Å².